The van der Waals surface area contributed by atoms with E-state index >= 15 is 0 Å². The fraction of sp³-hybridized carbons (Fsp3) is 0.538. The lowest BCUT2D eigenvalue weighted by molar-refractivity contribution is 0.489. The van der Waals surface area contributed by atoms with Gasteiger partial charge in [0.25, 0.3) is 0 Å². The molecule has 0 fully saturated rings. The van der Waals surface area contributed by atoms with Crippen molar-refractivity contribution in [2.75, 3.05) is 18.1 Å². The van der Waals surface area contributed by atoms with Crippen molar-refractivity contribution in [3.63, 3.8) is 0 Å². The van der Waals surface area contributed by atoms with E-state index in [9.17, 15) is 8.42 Å². The van der Waals surface area contributed by atoms with Crippen LogP contribution in [0.25, 0.3) is 0 Å². The van der Waals surface area contributed by atoms with E-state index in [0.29, 0.717) is 6.42 Å². The van der Waals surface area contributed by atoms with E-state index in [4.69, 9.17) is 0 Å². The van der Waals surface area contributed by atoms with Crippen molar-refractivity contribution in [1.29, 1.82) is 0 Å². The minimum Gasteiger partial charge on any atom is -0.310 e. The molecule has 1 N–H and O–H groups in total. The standard InChI is InChI=1S/C13H19NO2S/c1-2-17(15,16)10-8-13-12-6-4-3-5-11(12)7-9-14-13/h3-6,13-14H,2,7-10H2,1H3. The normalized spacial score (nSPS) is 19.9. The Morgan fingerprint density at radius 3 is 2.88 bits per heavy atom. The fourth-order valence-corrected chi connectivity index (χ4v) is 3.18. The van der Waals surface area contributed by atoms with E-state index in [1.54, 1.807) is 6.92 Å². The summed E-state index contributed by atoms with van der Waals surface area (Å²) in [6, 6.07) is 8.50. The number of nitrogens with one attached hydrogen (secondary N) is 1. The Hall–Kier alpha value is -0.870. The van der Waals surface area contributed by atoms with Gasteiger partial charge in [0.15, 0.2) is 0 Å². The molecule has 0 aromatic heterocycles. The molecule has 17 heavy (non-hydrogen) atoms. The van der Waals surface area contributed by atoms with E-state index < -0.39 is 9.84 Å². The molecule has 0 saturated heterocycles. The first-order valence-electron chi connectivity index (χ1n) is 6.14. The van der Waals surface area contributed by atoms with Crippen molar-refractivity contribution in [2.24, 2.45) is 0 Å². The molecule has 0 radical (unpaired) electrons. The highest BCUT2D eigenvalue weighted by molar-refractivity contribution is 7.91. The summed E-state index contributed by atoms with van der Waals surface area (Å²) in [5.41, 5.74) is 2.62. The molecular formula is C13H19NO2S. The average molecular weight is 253 g/mol. The Morgan fingerprint density at radius 2 is 2.12 bits per heavy atom. The monoisotopic (exact) mass is 253 g/mol. The SMILES string of the molecule is CCS(=O)(=O)CCC1NCCc2ccccc21. The van der Waals surface area contributed by atoms with Crippen LogP contribution in [0.3, 0.4) is 0 Å². The van der Waals surface area contributed by atoms with Crippen LogP contribution in [0.15, 0.2) is 24.3 Å². The lowest BCUT2D eigenvalue weighted by atomic mass is 9.93. The summed E-state index contributed by atoms with van der Waals surface area (Å²) in [7, 11) is -2.86. The summed E-state index contributed by atoms with van der Waals surface area (Å²) in [4.78, 5) is 0. The topological polar surface area (TPSA) is 46.2 Å². The van der Waals surface area contributed by atoms with Gasteiger partial charge in [0, 0.05) is 11.8 Å². The molecule has 0 bridgehead atoms. The minimum absolute atomic E-state index is 0.196. The van der Waals surface area contributed by atoms with Gasteiger partial charge in [-0.05, 0) is 30.5 Å². The van der Waals surface area contributed by atoms with Crippen LogP contribution in [0.2, 0.25) is 0 Å². The molecule has 1 aliphatic rings. The van der Waals surface area contributed by atoms with Crippen LogP contribution in [0.1, 0.15) is 30.5 Å². The van der Waals surface area contributed by atoms with Crippen molar-refractivity contribution in [3.05, 3.63) is 35.4 Å². The van der Waals surface area contributed by atoms with Crippen LogP contribution in [0.4, 0.5) is 0 Å². The Bertz CT molecular complexity index is 482. The smallest absolute Gasteiger partial charge is 0.150 e. The maximum absolute atomic E-state index is 11.5. The zero-order valence-corrected chi connectivity index (χ0v) is 11.0. The van der Waals surface area contributed by atoms with Crippen LogP contribution < -0.4 is 5.32 Å². The molecule has 1 aliphatic heterocycles. The van der Waals surface area contributed by atoms with Crippen LogP contribution in [0.5, 0.6) is 0 Å². The Balaban J connectivity index is 2.09. The Morgan fingerprint density at radius 1 is 1.35 bits per heavy atom. The largest absolute Gasteiger partial charge is 0.310 e. The molecule has 1 aromatic carbocycles. The van der Waals surface area contributed by atoms with Gasteiger partial charge in [-0.1, -0.05) is 31.2 Å². The maximum atomic E-state index is 11.5. The highest BCUT2D eigenvalue weighted by Crippen LogP contribution is 2.25. The maximum Gasteiger partial charge on any atom is 0.150 e. The first-order valence-corrected chi connectivity index (χ1v) is 7.96. The van der Waals surface area contributed by atoms with Crippen molar-refractivity contribution >= 4 is 9.84 Å². The van der Waals surface area contributed by atoms with E-state index in [0.717, 1.165) is 13.0 Å². The van der Waals surface area contributed by atoms with Crippen LogP contribution in [-0.4, -0.2) is 26.5 Å². The summed E-state index contributed by atoms with van der Waals surface area (Å²) in [5, 5.41) is 3.41. The predicted octanol–water partition coefficient (Wildman–Crippen LogP) is 1.70. The zero-order chi connectivity index (χ0) is 12.3. The van der Waals surface area contributed by atoms with E-state index in [1.807, 2.05) is 12.1 Å². The number of sulfone groups is 1. The van der Waals surface area contributed by atoms with E-state index in [-0.39, 0.29) is 17.5 Å². The number of fused-ring (bicyclic) bond motifs is 1. The molecule has 1 atom stereocenters. The molecule has 2 rings (SSSR count). The third-order valence-electron chi connectivity index (χ3n) is 3.37. The van der Waals surface area contributed by atoms with Gasteiger partial charge in [-0.15, -0.1) is 0 Å². The summed E-state index contributed by atoms with van der Waals surface area (Å²) in [6.07, 6.45) is 1.71. The average Bonchev–Trinajstić information content (AvgIpc) is 2.36. The van der Waals surface area contributed by atoms with Crippen molar-refractivity contribution < 1.29 is 8.42 Å². The van der Waals surface area contributed by atoms with Gasteiger partial charge >= 0.3 is 0 Å². The zero-order valence-electron chi connectivity index (χ0n) is 10.1. The van der Waals surface area contributed by atoms with Gasteiger partial charge < -0.3 is 5.32 Å². The first-order chi connectivity index (χ1) is 8.12. The van der Waals surface area contributed by atoms with E-state index in [1.165, 1.54) is 11.1 Å². The minimum atomic E-state index is -2.86. The Kier molecular flexibility index (Phi) is 3.84. The highest BCUT2D eigenvalue weighted by Gasteiger charge is 2.20. The van der Waals surface area contributed by atoms with Gasteiger partial charge in [0.2, 0.25) is 0 Å². The van der Waals surface area contributed by atoms with Crippen molar-refractivity contribution in [2.45, 2.75) is 25.8 Å². The van der Waals surface area contributed by atoms with Crippen molar-refractivity contribution in [1.82, 2.24) is 5.32 Å². The second-order valence-electron chi connectivity index (χ2n) is 4.48. The lowest BCUT2D eigenvalue weighted by Gasteiger charge is -2.26. The predicted molar refractivity (Wildman–Crippen MR) is 69.8 cm³/mol. The van der Waals surface area contributed by atoms with Crippen LogP contribution in [-0.2, 0) is 16.3 Å². The van der Waals surface area contributed by atoms with Gasteiger partial charge in [-0.3, -0.25) is 0 Å². The van der Waals surface area contributed by atoms with Crippen LogP contribution >= 0.6 is 0 Å². The van der Waals surface area contributed by atoms with Gasteiger partial charge in [-0.2, -0.15) is 0 Å². The number of hydrogen-bond donors (Lipinski definition) is 1. The molecule has 1 aromatic rings. The summed E-state index contributed by atoms with van der Waals surface area (Å²) in [6.45, 7) is 2.64. The van der Waals surface area contributed by atoms with Gasteiger partial charge in [-0.25, -0.2) is 8.42 Å². The molecular weight excluding hydrogens is 234 g/mol. The third-order valence-corrected chi connectivity index (χ3v) is 5.11. The molecule has 1 heterocycles. The molecule has 0 amide bonds. The summed E-state index contributed by atoms with van der Waals surface area (Å²) in [5.74, 6) is 0.511. The van der Waals surface area contributed by atoms with Gasteiger partial charge in [0.1, 0.15) is 9.84 Å². The number of rotatable bonds is 4. The van der Waals surface area contributed by atoms with Gasteiger partial charge in [0.05, 0.1) is 5.75 Å². The first kappa shape index (κ1) is 12.6. The molecule has 0 aliphatic carbocycles. The molecule has 4 heteroatoms. The third kappa shape index (κ3) is 3.07. The number of hydrogen-bond acceptors (Lipinski definition) is 3. The number of benzene rings is 1. The molecule has 94 valence electrons. The second kappa shape index (κ2) is 5.19. The Labute approximate surface area is 103 Å². The lowest BCUT2D eigenvalue weighted by Crippen LogP contribution is -2.31. The van der Waals surface area contributed by atoms with Crippen molar-refractivity contribution in [3.8, 4) is 0 Å². The quantitative estimate of drug-likeness (QED) is 0.888. The molecule has 3 nitrogen and oxygen atoms in total. The molecule has 0 saturated carbocycles. The molecule has 1 unspecified atom stereocenters. The van der Waals surface area contributed by atoms with Crippen LogP contribution in [0, 0.1) is 0 Å². The fourth-order valence-electron chi connectivity index (χ4n) is 2.29. The summed E-state index contributed by atoms with van der Waals surface area (Å²) >= 11 is 0. The summed E-state index contributed by atoms with van der Waals surface area (Å²) < 4.78 is 23.1. The highest BCUT2D eigenvalue weighted by atomic mass is 32.2. The molecule has 0 spiro atoms. The van der Waals surface area contributed by atoms with E-state index in [2.05, 4.69) is 17.4 Å². The second-order valence-corrected chi connectivity index (χ2v) is 6.95.